The van der Waals surface area contributed by atoms with Crippen molar-refractivity contribution >= 4 is 5.78 Å². The highest BCUT2D eigenvalue weighted by molar-refractivity contribution is 5.86. The molecule has 0 saturated heterocycles. The van der Waals surface area contributed by atoms with Crippen LogP contribution in [0.15, 0.2) is 24.3 Å². The molecule has 0 aliphatic heterocycles. The van der Waals surface area contributed by atoms with E-state index in [2.05, 4.69) is 0 Å². The van der Waals surface area contributed by atoms with Crippen molar-refractivity contribution < 1.29 is 4.79 Å². The van der Waals surface area contributed by atoms with Gasteiger partial charge >= 0.3 is 0 Å². The number of nitrogens with zero attached hydrogens (tertiary/aromatic N) is 1. The topological polar surface area (TPSA) is 40.9 Å². The van der Waals surface area contributed by atoms with Gasteiger partial charge in [-0.15, -0.1) is 0 Å². The minimum Gasteiger partial charge on any atom is -0.298 e. The standard InChI is InChI=1S/C11H11NO/c1-8-4-3-5-10(6-8)11(7-12)9(2)13/h3-6,11H,1-2H3/t11-/m0/s1. The van der Waals surface area contributed by atoms with Crippen LogP contribution < -0.4 is 0 Å². The Morgan fingerprint density at radius 2 is 2.23 bits per heavy atom. The number of Topliss-reactive ketones (excluding diaryl/α,β-unsaturated/α-hetero) is 1. The van der Waals surface area contributed by atoms with Crippen molar-refractivity contribution in [1.29, 1.82) is 5.26 Å². The molecule has 66 valence electrons. The Labute approximate surface area is 77.8 Å². The largest absolute Gasteiger partial charge is 0.298 e. The predicted molar refractivity (Wildman–Crippen MR) is 50.2 cm³/mol. The van der Waals surface area contributed by atoms with E-state index in [4.69, 9.17) is 5.26 Å². The number of benzene rings is 1. The van der Waals surface area contributed by atoms with Gasteiger partial charge in [0.05, 0.1) is 6.07 Å². The second-order valence-corrected chi connectivity index (χ2v) is 3.09. The normalized spacial score (nSPS) is 11.8. The zero-order valence-electron chi connectivity index (χ0n) is 7.74. The second kappa shape index (κ2) is 3.86. The van der Waals surface area contributed by atoms with Gasteiger partial charge in [0.25, 0.3) is 0 Å². The van der Waals surface area contributed by atoms with E-state index >= 15 is 0 Å². The highest BCUT2D eigenvalue weighted by atomic mass is 16.1. The number of nitriles is 1. The molecule has 0 heterocycles. The first kappa shape index (κ1) is 9.47. The molecule has 0 aliphatic rings. The molecule has 1 aromatic carbocycles. The van der Waals surface area contributed by atoms with Gasteiger partial charge in [0.15, 0.2) is 5.78 Å². The molecular weight excluding hydrogens is 162 g/mol. The first-order valence-corrected chi connectivity index (χ1v) is 4.12. The average molecular weight is 173 g/mol. The van der Waals surface area contributed by atoms with Crippen LogP contribution in [0.2, 0.25) is 0 Å². The molecule has 0 saturated carbocycles. The lowest BCUT2D eigenvalue weighted by molar-refractivity contribution is -0.117. The van der Waals surface area contributed by atoms with Gasteiger partial charge in [-0.2, -0.15) is 5.26 Å². The minimum atomic E-state index is -0.611. The molecule has 0 spiro atoms. The Morgan fingerprint density at radius 1 is 1.54 bits per heavy atom. The van der Waals surface area contributed by atoms with E-state index in [1.165, 1.54) is 6.92 Å². The number of carbonyl (C=O) groups excluding carboxylic acids is 1. The zero-order valence-corrected chi connectivity index (χ0v) is 7.74. The van der Waals surface area contributed by atoms with Crippen molar-refractivity contribution in [2.45, 2.75) is 19.8 Å². The Morgan fingerprint density at radius 3 is 2.69 bits per heavy atom. The molecule has 1 aromatic rings. The summed E-state index contributed by atoms with van der Waals surface area (Å²) in [7, 11) is 0. The van der Waals surface area contributed by atoms with Gasteiger partial charge in [-0.05, 0) is 19.4 Å². The smallest absolute Gasteiger partial charge is 0.151 e. The molecular formula is C11H11NO. The number of rotatable bonds is 2. The van der Waals surface area contributed by atoms with Gasteiger partial charge in [0.1, 0.15) is 5.92 Å². The highest BCUT2D eigenvalue weighted by Gasteiger charge is 2.14. The van der Waals surface area contributed by atoms with Crippen molar-refractivity contribution in [3.63, 3.8) is 0 Å². The van der Waals surface area contributed by atoms with Gasteiger partial charge in [0, 0.05) is 0 Å². The number of ketones is 1. The van der Waals surface area contributed by atoms with Gasteiger partial charge < -0.3 is 0 Å². The van der Waals surface area contributed by atoms with Crippen LogP contribution in [0, 0.1) is 18.3 Å². The Bertz CT molecular complexity index is 363. The Hall–Kier alpha value is -1.62. The maximum Gasteiger partial charge on any atom is 0.151 e. The zero-order chi connectivity index (χ0) is 9.84. The summed E-state index contributed by atoms with van der Waals surface area (Å²) in [6, 6.07) is 9.48. The second-order valence-electron chi connectivity index (χ2n) is 3.09. The summed E-state index contributed by atoms with van der Waals surface area (Å²) in [6.07, 6.45) is 0. The summed E-state index contributed by atoms with van der Waals surface area (Å²) in [5, 5.41) is 8.77. The van der Waals surface area contributed by atoms with Crippen molar-refractivity contribution in [3.8, 4) is 6.07 Å². The number of aryl methyl sites for hydroxylation is 1. The Balaban J connectivity index is 3.07. The van der Waals surface area contributed by atoms with E-state index in [1.807, 2.05) is 37.3 Å². The number of hydrogen-bond donors (Lipinski definition) is 0. The minimum absolute atomic E-state index is 0.104. The lowest BCUT2D eigenvalue weighted by atomic mass is 9.96. The predicted octanol–water partition coefficient (Wildman–Crippen LogP) is 2.19. The van der Waals surface area contributed by atoms with Crippen LogP contribution in [0.4, 0.5) is 0 Å². The van der Waals surface area contributed by atoms with E-state index in [9.17, 15) is 4.79 Å². The third-order valence-electron chi connectivity index (χ3n) is 1.91. The third kappa shape index (κ3) is 2.16. The maximum atomic E-state index is 11.1. The summed E-state index contributed by atoms with van der Waals surface area (Å²) in [5.41, 5.74) is 1.86. The average Bonchev–Trinajstić information content (AvgIpc) is 2.04. The molecule has 13 heavy (non-hydrogen) atoms. The molecule has 1 rings (SSSR count). The van der Waals surface area contributed by atoms with Gasteiger partial charge in [0.2, 0.25) is 0 Å². The summed E-state index contributed by atoms with van der Waals surface area (Å²) in [5.74, 6) is -0.715. The molecule has 0 aliphatic carbocycles. The molecule has 0 bridgehead atoms. The fraction of sp³-hybridized carbons (Fsp3) is 0.273. The summed E-state index contributed by atoms with van der Waals surface area (Å²) in [4.78, 5) is 11.1. The molecule has 2 heteroatoms. The van der Waals surface area contributed by atoms with Crippen molar-refractivity contribution in [2.75, 3.05) is 0 Å². The van der Waals surface area contributed by atoms with E-state index in [0.717, 1.165) is 11.1 Å². The monoisotopic (exact) mass is 173 g/mol. The highest BCUT2D eigenvalue weighted by Crippen LogP contribution is 2.16. The molecule has 0 radical (unpaired) electrons. The fourth-order valence-corrected chi connectivity index (χ4v) is 1.25. The van der Waals surface area contributed by atoms with Crippen LogP contribution >= 0.6 is 0 Å². The van der Waals surface area contributed by atoms with Crippen LogP contribution in [0.1, 0.15) is 24.0 Å². The van der Waals surface area contributed by atoms with E-state index in [-0.39, 0.29) is 5.78 Å². The fourth-order valence-electron chi connectivity index (χ4n) is 1.25. The third-order valence-corrected chi connectivity index (χ3v) is 1.91. The SMILES string of the molecule is CC(=O)[C@H](C#N)c1cccc(C)c1. The quantitative estimate of drug-likeness (QED) is 0.687. The molecule has 0 unspecified atom stereocenters. The first-order chi connectivity index (χ1) is 6.15. The Kier molecular flexibility index (Phi) is 2.81. The van der Waals surface area contributed by atoms with Crippen LogP contribution in [0.5, 0.6) is 0 Å². The van der Waals surface area contributed by atoms with Gasteiger partial charge in [-0.3, -0.25) is 4.79 Å². The lowest BCUT2D eigenvalue weighted by Gasteiger charge is -2.05. The first-order valence-electron chi connectivity index (χ1n) is 4.12. The molecule has 0 N–H and O–H groups in total. The van der Waals surface area contributed by atoms with Crippen molar-refractivity contribution in [1.82, 2.24) is 0 Å². The maximum absolute atomic E-state index is 11.1. The van der Waals surface area contributed by atoms with Gasteiger partial charge in [-0.25, -0.2) is 0 Å². The van der Waals surface area contributed by atoms with Gasteiger partial charge in [-0.1, -0.05) is 29.8 Å². The molecule has 0 fully saturated rings. The molecule has 0 aromatic heterocycles. The molecule has 1 atom stereocenters. The summed E-state index contributed by atoms with van der Waals surface area (Å²) >= 11 is 0. The lowest BCUT2D eigenvalue weighted by Crippen LogP contribution is -2.06. The number of hydrogen-bond acceptors (Lipinski definition) is 2. The van der Waals surface area contributed by atoms with E-state index < -0.39 is 5.92 Å². The van der Waals surface area contributed by atoms with Crippen molar-refractivity contribution in [3.05, 3.63) is 35.4 Å². The molecule has 2 nitrogen and oxygen atoms in total. The summed E-state index contributed by atoms with van der Waals surface area (Å²) in [6.45, 7) is 3.38. The van der Waals surface area contributed by atoms with Crippen LogP contribution in [-0.2, 0) is 4.79 Å². The van der Waals surface area contributed by atoms with Crippen LogP contribution in [0.3, 0.4) is 0 Å². The van der Waals surface area contributed by atoms with E-state index in [0.29, 0.717) is 0 Å². The van der Waals surface area contributed by atoms with Crippen molar-refractivity contribution in [2.24, 2.45) is 0 Å². The molecule has 0 amide bonds. The number of carbonyl (C=O) groups is 1. The van der Waals surface area contributed by atoms with E-state index in [1.54, 1.807) is 0 Å². The summed E-state index contributed by atoms with van der Waals surface area (Å²) < 4.78 is 0. The van der Waals surface area contributed by atoms with Crippen LogP contribution in [0.25, 0.3) is 0 Å². The van der Waals surface area contributed by atoms with Crippen LogP contribution in [-0.4, -0.2) is 5.78 Å².